The summed E-state index contributed by atoms with van der Waals surface area (Å²) in [5.41, 5.74) is 4.46. The van der Waals surface area contributed by atoms with Crippen LogP contribution in [0.25, 0.3) is 0 Å². The molecule has 37 heavy (non-hydrogen) atoms. The molecule has 1 unspecified atom stereocenters. The number of aromatic nitrogens is 1. The summed E-state index contributed by atoms with van der Waals surface area (Å²) < 4.78 is 28.6. The van der Waals surface area contributed by atoms with E-state index < -0.39 is 10.0 Å². The van der Waals surface area contributed by atoms with E-state index >= 15 is 0 Å². The van der Waals surface area contributed by atoms with Crippen molar-refractivity contribution in [2.45, 2.75) is 83.1 Å². The molecule has 1 heterocycles. The first-order valence-electron chi connectivity index (χ1n) is 13.5. The van der Waals surface area contributed by atoms with Crippen molar-refractivity contribution in [3.63, 3.8) is 0 Å². The highest BCUT2D eigenvalue weighted by Gasteiger charge is 2.24. The van der Waals surface area contributed by atoms with Crippen LogP contribution in [0, 0.1) is 6.92 Å². The van der Waals surface area contributed by atoms with E-state index in [1.165, 1.54) is 37.7 Å². The number of pyridine rings is 1. The van der Waals surface area contributed by atoms with E-state index in [2.05, 4.69) is 24.1 Å². The van der Waals surface area contributed by atoms with E-state index in [4.69, 9.17) is 0 Å². The molecule has 5 heteroatoms. The van der Waals surface area contributed by atoms with Gasteiger partial charge in [0.15, 0.2) is 0 Å². The van der Waals surface area contributed by atoms with Gasteiger partial charge in [0, 0.05) is 25.5 Å². The molecule has 4 nitrogen and oxygen atoms in total. The summed E-state index contributed by atoms with van der Waals surface area (Å²) in [4.78, 5) is 4.57. The normalized spacial score (nSPS) is 13.1. The predicted molar refractivity (Wildman–Crippen MR) is 154 cm³/mol. The molecule has 3 rings (SSSR count). The number of nitrogens with zero attached hydrogens (tertiary/aromatic N) is 2. The number of sulfonamides is 1. The lowest BCUT2D eigenvalue weighted by Gasteiger charge is -2.23. The lowest BCUT2D eigenvalue weighted by atomic mass is 9.96. The maximum Gasteiger partial charge on any atom is 0.243 e. The van der Waals surface area contributed by atoms with Crippen LogP contribution in [0.3, 0.4) is 0 Å². The average Bonchev–Trinajstić information content (AvgIpc) is 2.91. The van der Waals surface area contributed by atoms with Crippen molar-refractivity contribution >= 4 is 10.0 Å². The number of benzene rings is 2. The van der Waals surface area contributed by atoms with Crippen LogP contribution in [0.1, 0.15) is 81.4 Å². The predicted octanol–water partition coefficient (Wildman–Crippen LogP) is 8.06. The molecular weight excluding hydrogens is 476 g/mol. The molecule has 0 fully saturated rings. The van der Waals surface area contributed by atoms with Gasteiger partial charge in [-0.3, -0.25) is 4.98 Å². The molecule has 0 aliphatic heterocycles. The Bertz CT molecular complexity index is 1190. The summed E-state index contributed by atoms with van der Waals surface area (Å²) in [6, 6.07) is 21.1. The number of rotatable bonds is 15. The SMILES string of the molecule is C/C(=C\CCCCCCCC(C)c1cccnc1)CN(Cc1ccccc1)S(=O)(=O)c1ccc(C)cc1. The van der Waals surface area contributed by atoms with Gasteiger partial charge < -0.3 is 0 Å². The van der Waals surface area contributed by atoms with Crippen LogP contribution in [0.2, 0.25) is 0 Å². The van der Waals surface area contributed by atoms with E-state index in [-0.39, 0.29) is 0 Å². The summed E-state index contributed by atoms with van der Waals surface area (Å²) in [5.74, 6) is 0.564. The lowest BCUT2D eigenvalue weighted by molar-refractivity contribution is 0.430. The van der Waals surface area contributed by atoms with E-state index in [1.54, 1.807) is 16.4 Å². The summed E-state index contributed by atoms with van der Waals surface area (Å²) >= 11 is 0. The van der Waals surface area contributed by atoms with Gasteiger partial charge in [0.2, 0.25) is 10.0 Å². The van der Waals surface area contributed by atoms with Gasteiger partial charge in [0.25, 0.3) is 0 Å². The molecule has 0 bridgehead atoms. The van der Waals surface area contributed by atoms with Crippen molar-refractivity contribution in [1.82, 2.24) is 9.29 Å². The molecule has 2 aromatic carbocycles. The Balaban J connectivity index is 1.47. The fourth-order valence-corrected chi connectivity index (χ4v) is 5.99. The van der Waals surface area contributed by atoms with Crippen molar-refractivity contribution in [2.75, 3.05) is 6.54 Å². The van der Waals surface area contributed by atoms with E-state index in [1.807, 2.05) is 74.8 Å². The molecule has 0 saturated carbocycles. The highest BCUT2D eigenvalue weighted by Crippen LogP contribution is 2.22. The van der Waals surface area contributed by atoms with Crippen LogP contribution >= 0.6 is 0 Å². The van der Waals surface area contributed by atoms with Crippen LogP contribution in [-0.2, 0) is 16.6 Å². The Morgan fingerprint density at radius 3 is 2.32 bits per heavy atom. The first-order valence-corrected chi connectivity index (χ1v) is 15.0. The number of unbranched alkanes of at least 4 members (excludes halogenated alkanes) is 5. The zero-order valence-electron chi connectivity index (χ0n) is 22.6. The van der Waals surface area contributed by atoms with Gasteiger partial charge >= 0.3 is 0 Å². The molecule has 0 amide bonds. The highest BCUT2D eigenvalue weighted by atomic mass is 32.2. The zero-order valence-corrected chi connectivity index (χ0v) is 23.5. The van der Waals surface area contributed by atoms with Gasteiger partial charge in [0.05, 0.1) is 4.90 Å². The molecular formula is C32H42N2O2S. The fourth-order valence-electron chi connectivity index (χ4n) is 4.52. The number of allylic oxidation sites excluding steroid dienone is 1. The van der Waals surface area contributed by atoms with Gasteiger partial charge in [-0.1, -0.05) is 98.4 Å². The molecule has 1 atom stereocenters. The standard InChI is InChI=1S/C32H42N2O2S/c1-27-19-21-32(22-20-27)37(35,36)34(26-30-16-11-8-12-17-30)25-28(2)14-9-6-4-5-7-10-15-29(3)31-18-13-23-33-24-31/h8,11-14,16-24,29H,4-7,9-10,15,25-26H2,1-3H3/b28-14+. The number of aryl methyl sites for hydroxylation is 1. The Morgan fingerprint density at radius 2 is 1.62 bits per heavy atom. The van der Waals surface area contributed by atoms with E-state index in [0.29, 0.717) is 23.9 Å². The third kappa shape index (κ3) is 9.56. The smallest absolute Gasteiger partial charge is 0.243 e. The minimum Gasteiger partial charge on any atom is -0.264 e. The van der Waals surface area contributed by atoms with Crippen LogP contribution < -0.4 is 0 Å². The van der Waals surface area contributed by atoms with Crippen molar-refractivity contribution < 1.29 is 8.42 Å². The van der Waals surface area contributed by atoms with Crippen molar-refractivity contribution in [3.05, 3.63) is 107 Å². The minimum absolute atomic E-state index is 0.347. The second-order valence-corrected chi connectivity index (χ2v) is 12.1. The third-order valence-electron chi connectivity index (χ3n) is 6.87. The van der Waals surface area contributed by atoms with Gasteiger partial charge in [-0.2, -0.15) is 4.31 Å². The second-order valence-electron chi connectivity index (χ2n) is 10.2. The zero-order chi connectivity index (χ0) is 26.5. The Labute approximate surface area is 224 Å². The first-order chi connectivity index (χ1) is 17.9. The monoisotopic (exact) mass is 518 g/mol. The molecule has 0 saturated heterocycles. The molecule has 0 radical (unpaired) electrons. The van der Waals surface area contributed by atoms with Crippen molar-refractivity contribution in [1.29, 1.82) is 0 Å². The lowest BCUT2D eigenvalue weighted by Crippen LogP contribution is -2.32. The third-order valence-corrected chi connectivity index (χ3v) is 8.68. The van der Waals surface area contributed by atoms with E-state index in [0.717, 1.165) is 29.5 Å². The average molecular weight is 519 g/mol. The van der Waals surface area contributed by atoms with Gasteiger partial charge in [-0.25, -0.2) is 8.42 Å². The summed E-state index contributed by atoms with van der Waals surface area (Å²) in [5, 5.41) is 0. The molecule has 198 valence electrons. The number of hydrogen-bond acceptors (Lipinski definition) is 3. The number of hydrogen-bond donors (Lipinski definition) is 0. The molecule has 0 aliphatic carbocycles. The Morgan fingerprint density at radius 1 is 0.919 bits per heavy atom. The van der Waals surface area contributed by atoms with E-state index in [9.17, 15) is 8.42 Å². The topological polar surface area (TPSA) is 50.3 Å². The van der Waals surface area contributed by atoms with Crippen LogP contribution in [-0.4, -0.2) is 24.3 Å². The molecule has 1 aromatic heterocycles. The van der Waals surface area contributed by atoms with Gasteiger partial charge in [0.1, 0.15) is 0 Å². The van der Waals surface area contributed by atoms with Crippen molar-refractivity contribution in [2.24, 2.45) is 0 Å². The first kappa shape index (κ1) is 28.8. The molecule has 0 aliphatic rings. The highest BCUT2D eigenvalue weighted by molar-refractivity contribution is 7.89. The molecule has 3 aromatic rings. The fraction of sp³-hybridized carbons (Fsp3) is 0.406. The Kier molecular flexibility index (Phi) is 11.6. The molecule has 0 N–H and O–H groups in total. The van der Waals surface area contributed by atoms with Crippen LogP contribution in [0.4, 0.5) is 0 Å². The summed E-state index contributed by atoms with van der Waals surface area (Å²) in [6.45, 7) is 7.05. The quantitative estimate of drug-likeness (QED) is 0.151. The maximum absolute atomic E-state index is 13.5. The van der Waals surface area contributed by atoms with Crippen LogP contribution in [0.5, 0.6) is 0 Å². The molecule has 0 spiro atoms. The summed E-state index contributed by atoms with van der Waals surface area (Å²) in [6.07, 6.45) is 14.3. The second kappa shape index (κ2) is 14.8. The van der Waals surface area contributed by atoms with Crippen LogP contribution in [0.15, 0.2) is 95.7 Å². The largest absolute Gasteiger partial charge is 0.264 e. The van der Waals surface area contributed by atoms with Gasteiger partial charge in [-0.05, 0) is 68.4 Å². The maximum atomic E-state index is 13.5. The summed E-state index contributed by atoms with van der Waals surface area (Å²) in [7, 11) is -3.60. The van der Waals surface area contributed by atoms with Gasteiger partial charge in [-0.15, -0.1) is 0 Å². The Hall–Kier alpha value is -2.76. The van der Waals surface area contributed by atoms with Crippen molar-refractivity contribution in [3.8, 4) is 0 Å². The minimum atomic E-state index is -3.60.